The maximum Gasteiger partial charge on any atom is 0.0854 e. The fourth-order valence-corrected chi connectivity index (χ4v) is 2.35. The smallest absolute Gasteiger partial charge is 0.0845 e. The summed E-state index contributed by atoms with van der Waals surface area (Å²) in [6.45, 7) is 9.46. The Labute approximate surface area is 123 Å². The SMILES string of the molecule is CCCCCCCC/C=C/C=C(\I)[Si](C)(C)C. The summed E-state index contributed by atoms with van der Waals surface area (Å²) in [6.07, 6.45) is 16.5. The quantitative estimate of drug-likeness (QED) is 0.190. The van der Waals surface area contributed by atoms with Gasteiger partial charge in [0.25, 0.3) is 0 Å². The average molecular weight is 364 g/mol. The molecule has 0 heterocycles. The Hall–Kier alpha value is 0.427. The molecule has 0 nitrogen and oxygen atoms in total. The van der Waals surface area contributed by atoms with Gasteiger partial charge in [-0.05, 0) is 16.0 Å². The summed E-state index contributed by atoms with van der Waals surface area (Å²) in [4.78, 5) is 0. The highest BCUT2D eigenvalue weighted by Crippen LogP contribution is 2.21. The molecule has 0 aromatic carbocycles. The van der Waals surface area contributed by atoms with Crippen molar-refractivity contribution in [3.8, 4) is 0 Å². The molecule has 0 fully saturated rings. The third-order valence-electron chi connectivity index (χ3n) is 2.82. The van der Waals surface area contributed by atoms with Crippen molar-refractivity contribution in [1.29, 1.82) is 0 Å². The Morgan fingerprint density at radius 1 is 1.00 bits per heavy atom. The van der Waals surface area contributed by atoms with Crippen LogP contribution in [0.25, 0.3) is 0 Å². The molecule has 0 radical (unpaired) electrons. The van der Waals surface area contributed by atoms with Gasteiger partial charge >= 0.3 is 0 Å². The summed E-state index contributed by atoms with van der Waals surface area (Å²) in [7, 11) is -1.05. The van der Waals surface area contributed by atoms with Crippen molar-refractivity contribution >= 4 is 30.7 Å². The molecule has 0 unspecified atom stereocenters. The highest BCUT2D eigenvalue weighted by molar-refractivity contribution is 14.1. The van der Waals surface area contributed by atoms with Crippen LogP contribution in [0.5, 0.6) is 0 Å². The van der Waals surface area contributed by atoms with E-state index in [1.807, 2.05) is 0 Å². The standard InChI is InChI=1S/C15H29ISi/c1-5-6-7-8-9-10-11-12-13-14-15(16)17(2,3)4/h12-14H,5-11H2,1-4H3/b13-12+,15-14+. The van der Waals surface area contributed by atoms with Gasteiger partial charge in [0.2, 0.25) is 0 Å². The van der Waals surface area contributed by atoms with E-state index in [1.165, 1.54) is 44.9 Å². The average Bonchev–Trinajstić information content (AvgIpc) is 2.25. The molecule has 0 saturated heterocycles. The summed E-state index contributed by atoms with van der Waals surface area (Å²) in [5.74, 6) is 0. The van der Waals surface area contributed by atoms with E-state index in [0.717, 1.165) is 0 Å². The Bertz CT molecular complexity index is 236. The molecule has 0 aliphatic rings. The summed E-state index contributed by atoms with van der Waals surface area (Å²) >= 11 is 2.50. The second-order valence-corrected chi connectivity index (χ2v) is 13.0. The van der Waals surface area contributed by atoms with E-state index in [0.29, 0.717) is 0 Å². The van der Waals surface area contributed by atoms with Crippen LogP contribution in [0.15, 0.2) is 21.4 Å². The van der Waals surface area contributed by atoms with Gasteiger partial charge in [-0.25, -0.2) is 0 Å². The van der Waals surface area contributed by atoms with Crippen molar-refractivity contribution in [2.45, 2.75) is 71.5 Å². The molecule has 0 rings (SSSR count). The Kier molecular flexibility index (Phi) is 10.6. The number of hydrogen-bond donors (Lipinski definition) is 0. The van der Waals surface area contributed by atoms with Gasteiger partial charge in [-0.15, -0.1) is 0 Å². The molecular formula is C15H29ISi. The van der Waals surface area contributed by atoms with Gasteiger partial charge in [0, 0.05) is 0 Å². The number of halogens is 1. The zero-order chi connectivity index (χ0) is 13.1. The lowest BCUT2D eigenvalue weighted by Gasteiger charge is -2.13. The van der Waals surface area contributed by atoms with Crippen molar-refractivity contribution in [3.05, 3.63) is 21.4 Å². The summed E-state index contributed by atoms with van der Waals surface area (Å²) in [5.41, 5.74) is 0. The van der Waals surface area contributed by atoms with E-state index < -0.39 is 8.07 Å². The molecule has 2 heteroatoms. The maximum absolute atomic E-state index is 2.50. The second kappa shape index (κ2) is 10.4. The highest BCUT2D eigenvalue weighted by Gasteiger charge is 2.15. The number of allylic oxidation sites excluding steroid dienone is 3. The lowest BCUT2D eigenvalue weighted by Crippen LogP contribution is -2.19. The van der Waals surface area contributed by atoms with Gasteiger partial charge < -0.3 is 0 Å². The van der Waals surface area contributed by atoms with Crippen LogP contribution in [0, 0.1) is 0 Å². The molecule has 0 aliphatic carbocycles. The molecule has 0 amide bonds. The molecule has 0 aromatic rings. The predicted octanol–water partition coefficient (Wildman–Crippen LogP) is 6.49. The number of unbranched alkanes of at least 4 members (excludes halogenated alkanes) is 6. The minimum Gasteiger partial charge on any atom is -0.0845 e. The first kappa shape index (κ1) is 17.4. The van der Waals surface area contributed by atoms with Crippen LogP contribution in [-0.4, -0.2) is 8.07 Å². The fourth-order valence-electron chi connectivity index (χ4n) is 1.54. The van der Waals surface area contributed by atoms with Gasteiger partial charge in [-0.1, -0.05) is 99.5 Å². The van der Waals surface area contributed by atoms with Crippen molar-refractivity contribution in [2.75, 3.05) is 0 Å². The number of hydrogen-bond acceptors (Lipinski definition) is 0. The predicted molar refractivity (Wildman–Crippen MR) is 92.6 cm³/mol. The zero-order valence-corrected chi connectivity index (χ0v) is 15.2. The molecule has 0 spiro atoms. The molecular weight excluding hydrogens is 335 g/mol. The molecule has 0 aromatic heterocycles. The lowest BCUT2D eigenvalue weighted by molar-refractivity contribution is 0.611. The van der Waals surface area contributed by atoms with Gasteiger partial charge in [-0.2, -0.15) is 0 Å². The topological polar surface area (TPSA) is 0 Å². The van der Waals surface area contributed by atoms with E-state index in [9.17, 15) is 0 Å². The summed E-state index contributed by atoms with van der Waals surface area (Å²) in [6, 6.07) is 0. The Morgan fingerprint density at radius 2 is 1.59 bits per heavy atom. The number of rotatable bonds is 9. The monoisotopic (exact) mass is 364 g/mol. The van der Waals surface area contributed by atoms with E-state index in [-0.39, 0.29) is 0 Å². The van der Waals surface area contributed by atoms with Crippen molar-refractivity contribution in [2.24, 2.45) is 0 Å². The molecule has 17 heavy (non-hydrogen) atoms. The van der Waals surface area contributed by atoms with Crippen LogP contribution in [0.3, 0.4) is 0 Å². The second-order valence-electron chi connectivity index (χ2n) is 5.75. The Balaban J connectivity index is 3.55. The minimum absolute atomic E-state index is 1.05. The third kappa shape index (κ3) is 11.3. The van der Waals surface area contributed by atoms with E-state index in [2.05, 4.69) is 67.4 Å². The Morgan fingerprint density at radius 3 is 2.18 bits per heavy atom. The molecule has 100 valence electrons. The first-order valence-electron chi connectivity index (χ1n) is 7.01. The molecule has 0 bridgehead atoms. The first-order valence-corrected chi connectivity index (χ1v) is 11.6. The van der Waals surface area contributed by atoms with Crippen molar-refractivity contribution in [3.63, 3.8) is 0 Å². The minimum atomic E-state index is -1.05. The molecule has 0 atom stereocenters. The van der Waals surface area contributed by atoms with Crippen LogP contribution in [-0.2, 0) is 0 Å². The highest BCUT2D eigenvalue weighted by atomic mass is 127. The first-order chi connectivity index (χ1) is 7.98. The summed E-state index contributed by atoms with van der Waals surface area (Å²) in [5, 5.41) is 0. The van der Waals surface area contributed by atoms with E-state index in [1.54, 1.807) is 3.20 Å². The van der Waals surface area contributed by atoms with Crippen LogP contribution in [0.4, 0.5) is 0 Å². The zero-order valence-electron chi connectivity index (χ0n) is 12.1. The molecule has 0 saturated carbocycles. The van der Waals surface area contributed by atoms with E-state index >= 15 is 0 Å². The largest absolute Gasteiger partial charge is 0.0854 e. The lowest BCUT2D eigenvalue weighted by atomic mass is 10.1. The third-order valence-corrected chi connectivity index (χ3v) is 9.63. The van der Waals surface area contributed by atoms with Crippen LogP contribution in [0.1, 0.15) is 51.9 Å². The van der Waals surface area contributed by atoms with Crippen molar-refractivity contribution in [1.82, 2.24) is 0 Å². The maximum atomic E-state index is 2.50. The van der Waals surface area contributed by atoms with Crippen LogP contribution >= 0.6 is 22.6 Å². The molecule has 0 aliphatic heterocycles. The van der Waals surface area contributed by atoms with Gasteiger partial charge in [-0.3, -0.25) is 0 Å². The van der Waals surface area contributed by atoms with Crippen LogP contribution < -0.4 is 0 Å². The normalized spacial score (nSPS) is 13.6. The van der Waals surface area contributed by atoms with Gasteiger partial charge in [0.05, 0.1) is 8.07 Å². The fraction of sp³-hybridized carbons (Fsp3) is 0.733. The van der Waals surface area contributed by atoms with Crippen molar-refractivity contribution < 1.29 is 0 Å². The van der Waals surface area contributed by atoms with E-state index in [4.69, 9.17) is 0 Å². The van der Waals surface area contributed by atoms with Crippen LogP contribution in [0.2, 0.25) is 19.6 Å². The van der Waals surface area contributed by atoms with Gasteiger partial charge in [0.15, 0.2) is 0 Å². The van der Waals surface area contributed by atoms with Gasteiger partial charge in [0.1, 0.15) is 0 Å². The molecule has 0 N–H and O–H groups in total. The summed E-state index contributed by atoms with van der Waals surface area (Å²) < 4.78 is 1.56.